The van der Waals surface area contributed by atoms with Gasteiger partial charge in [-0.2, -0.15) is 0 Å². The van der Waals surface area contributed by atoms with Gasteiger partial charge in [0.15, 0.2) is 0 Å². The van der Waals surface area contributed by atoms with E-state index >= 15 is 0 Å². The van der Waals surface area contributed by atoms with E-state index in [4.69, 9.17) is 14.4 Å². The largest absolute Gasteiger partial charge is 0.443 e. The molecule has 0 amide bonds. The Hall–Kier alpha value is -2.62. The van der Waals surface area contributed by atoms with Crippen molar-refractivity contribution in [2.24, 2.45) is 0 Å². The molecule has 158 valence electrons. The summed E-state index contributed by atoms with van der Waals surface area (Å²) in [7, 11) is 0. The highest BCUT2D eigenvalue weighted by atomic mass is 16.3. The van der Waals surface area contributed by atoms with E-state index in [0.717, 1.165) is 46.7 Å². The lowest BCUT2D eigenvalue weighted by molar-refractivity contribution is 0.288. The first kappa shape index (κ1) is 20.6. The first-order chi connectivity index (χ1) is 14.1. The van der Waals surface area contributed by atoms with Gasteiger partial charge in [0.1, 0.15) is 11.4 Å². The first-order valence-corrected chi connectivity index (χ1v) is 10.9. The molecule has 0 radical (unpaired) electrons. The molecule has 4 aromatic rings. The minimum atomic E-state index is -0.0500. The second-order valence-electron chi connectivity index (χ2n) is 10.1. The van der Waals surface area contributed by atoms with Gasteiger partial charge in [-0.3, -0.25) is 0 Å². The van der Waals surface area contributed by atoms with Crippen LogP contribution in [0.1, 0.15) is 77.5 Å². The summed E-state index contributed by atoms with van der Waals surface area (Å²) < 4.78 is 8.11. The fourth-order valence-corrected chi connectivity index (χ4v) is 4.12. The highest BCUT2D eigenvalue weighted by Crippen LogP contribution is 2.35. The van der Waals surface area contributed by atoms with E-state index < -0.39 is 0 Å². The molecule has 4 aromatic heterocycles. The van der Waals surface area contributed by atoms with Gasteiger partial charge in [-0.05, 0) is 75.9 Å². The molecular weight excluding hydrogens is 370 g/mol. The van der Waals surface area contributed by atoms with Gasteiger partial charge in [-0.1, -0.05) is 27.7 Å². The molecule has 4 heterocycles. The molecule has 0 saturated heterocycles. The summed E-state index contributed by atoms with van der Waals surface area (Å²) in [5.41, 5.74) is 3.94. The van der Waals surface area contributed by atoms with Gasteiger partial charge in [0.25, 0.3) is 0 Å². The van der Waals surface area contributed by atoms with Crippen LogP contribution in [-0.2, 0) is 11.0 Å². The fraction of sp³-hybridized carbons (Fsp3) is 0.462. The zero-order valence-electron chi connectivity index (χ0n) is 19.3. The number of hydrogen-bond acceptors (Lipinski definition) is 3. The van der Waals surface area contributed by atoms with Crippen molar-refractivity contribution in [1.29, 1.82) is 0 Å². The Kier molecular flexibility index (Phi) is 5.00. The van der Waals surface area contributed by atoms with Gasteiger partial charge in [0.2, 0.25) is 5.71 Å². The zero-order valence-corrected chi connectivity index (χ0v) is 19.3. The predicted octanol–water partition coefficient (Wildman–Crippen LogP) is 7.10. The van der Waals surface area contributed by atoms with Crippen LogP contribution < -0.4 is 0 Å². The molecule has 0 atom stereocenters. The summed E-state index contributed by atoms with van der Waals surface area (Å²) in [6, 6.07) is 12.8. The van der Waals surface area contributed by atoms with Crippen molar-refractivity contribution in [3.8, 4) is 0 Å². The highest BCUT2D eigenvalue weighted by molar-refractivity contribution is 5.77. The first-order valence-electron chi connectivity index (χ1n) is 10.9. The molecule has 0 unspecified atom stereocenters. The summed E-state index contributed by atoms with van der Waals surface area (Å²) in [5.74, 6) is 1.33. The van der Waals surface area contributed by atoms with E-state index in [9.17, 15) is 0 Å². The van der Waals surface area contributed by atoms with Crippen LogP contribution in [0, 0.1) is 6.92 Å². The Morgan fingerprint density at radius 3 is 2.40 bits per heavy atom. The smallest absolute Gasteiger partial charge is 0.226 e. The summed E-state index contributed by atoms with van der Waals surface area (Å²) in [5, 5.41) is 2.27. The van der Waals surface area contributed by atoms with Crippen LogP contribution in [0.2, 0.25) is 0 Å². The molecule has 0 aliphatic carbocycles. The lowest BCUT2D eigenvalue weighted by atomic mass is 9.80. The van der Waals surface area contributed by atoms with Gasteiger partial charge >= 0.3 is 0 Å². The number of aryl methyl sites for hydroxylation is 1. The van der Waals surface area contributed by atoms with Crippen LogP contribution in [0.15, 0.2) is 47.0 Å². The van der Waals surface area contributed by atoms with Crippen molar-refractivity contribution in [2.45, 2.75) is 78.2 Å². The molecule has 0 fully saturated rings. The third kappa shape index (κ3) is 3.76. The highest BCUT2D eigenvalue weighted by Gasteiger charge is 2.29. The molecule has 0 bridgehead atoms. The van der Waals surface area contributed by atoms with Crippen molar-refractivity contribution in [2.75, 3.05) is 0 Å². The topological polar surface area (TPSA) is 43.9 Å². The Bertz CT molecular complexity index is 1190. The quantitative estimate of drug-likeness (QED) is 0.345. The minimum Gasteiger partial charge on any atom is -0.443 e. The molecule has 0 aliphatic heterocycles. The Balaban J connectivity index is 1.59. The van der Waals surface area contributed by atoms with E-state index in [-0.39, 0.29) is 11.0 Å². The number of aromatic nitrogens is 3. The normalized spacial score (nSPS) is 13.1. The van der Waals surface area contributed by atoms with Gasteiger partial charge in [-0.25, -0.2) is 9.97 Å². The summed E-state index contributed by atoms with van der Waals surface area (Å²) in [6.07, 6.45) is 4.22. The standard InChI is InChI=1S/C26H33N3O/c1-17(2)21-10-8-19-12-15-29(23(19)27-21)26(6,7)14-13-25(4,5)22-11-9-20-16-18(3)30-24(20)28-22/h8-12,15-17H,13-14H2,1-7H3. The molecular formula is C26H33N3O. The van der Waals surface area contributed by atoms with Crippen molar-refractivity contribution < 1.29 is 4.42 Å². The van der Waals surface area contributed by atoms with Crippen molar-refractivity contribution in [3.63, 3.8) is 0 Å². The summed E-state index contributed by atoms with van der Waals surface area (Å²) >= 11 is 0. The third-order valence-electron chi connectivity index (χ3n) is 6.36. The number of rotatable bonds is 6. The third-order valence-corrected chi connectivity index (χ3v) is 6.36. The number of furan rings is 1. The maximum Gasteiger partial charge on any atom is 0.226 e. The van der Waals surface area contributed by atoms with E-state index in [1.54, 1.807) is 0 Å². The number of nitrogens with zero attached hydrogens (tertiary/aromatic N) is 3. The number of fused-ring (bicyclic) bond motifs is 2. The molecule has 4 nitrogen and oxygen atoms in total. The number of hydrogen-bond donors (Lipinski definition) is 0. The maximum atomic E-state index is 5.76. The molecule has 0 spiro atoms. The van der Waals surface area contributed by atoms with Gasteiger partial charge in [0, 0.05) is 33.6 Å². The van der Waals surface area contributed by atoms with E-state index in [0.29, 0.717) is 5.92 Å². The van der Waals surface area contributed by atoms with E-state index in [1.807, 2.05) is 13.0 Å². The molecule has 4 rings (SSSR count). The Labute approximate surface area is 179 Å². The lowest BCUT2D eigenvalue weighted by Crippen LogP contribution is -2.30. The second kappa shape index (κ2) is 7.26. The minimum absolute atomic E-state index is 0.0486. The Morgan fingerprint density at radius 1 is 0.933 bits per heavy atom. The second-order valence-corrected chi connectivity index (χ2v) is 10.1. The number of pyridine rings is 2. The average molecular weight is 404 g/mol. The zero-order chi connectivity index (χ0) is 21.7. The summed E-state index contributed by atoms with van der Waals surface area (Å²) in [6.45, 7) is 15.5. The maximum absolute atomic E-state index is 5.76. The molecule has 0 saturated carbocycles. The van der Waals surface area contributed by atoms with Crippen LogP contribution in [0.4, 0.5) is 0 Å². The van der Waals surface area contributed by atoms with E-state index in [1.165, 1.54) is 5.39 Å². The summed E-state index contributed by atoms with van der Waals surface area (Å²) in [4.78, 5) is 9.80. The molecule has 0 aliphatic rings. The molecule has 0 aromatic carbocycles. The van der Waals surface area contributed by atoms with Crippen LogP contribution >= 0.6 is 0 Å². The molecule has 0 N–H and O–H groups in total. The van der Waals surface area contributed by atoms with Crippen molar-refractivity contribution >= 4 is 22.1 Å². The van der Waals surface area contributed by atoms with Gasteiger partial charge in [-0.15, -0.1) is 0 Å². The van der Waals surface area contributed by atoms with Crippen LogP contribution in [0.3, 0.4) is 0 Å². The predicted molar refractivity (Wildman–Crippen MR) is 124 cm³/mol. The lowest BCUT2D eigenvalue weighted by Gasteiger charge is -2.32. The van der Waals surface area contributed by atoms with Gasteiger partial charge in [0.05, 0.1) is 5.69 Å². The SMILES string of the molecule is Cc1cc2ccc(C(C)(C)CCC(C)(C)n3ccc4ccc(C(C)C)nc43)nc2o1. The molecule has 30 heavy (non-hydrogen) atoms. The van der Waals surface area contributed by atoms with E-state index in [2.05, 4.69) is 82.6 Å². The van der Waals surface area contributed by atoms with Crippen LogP contribution in [0.5, 0.6) is 0 Å². The van der Waals surface area contributed by atoms with Crippen molar-refractivity contribution in [1.82, 2.24) is 14.5 Å². The Morgan fingerprint density at radius 2 is 1.67 bits per heavy atom. The van der Waals surface area contributed by atoms with Gasteiger partial charge < -0.3 is 8.98 Å². The van der Waals surface area contributed by atoms with Crippen molar-refractivity contribution in [3.05, 3.63) is 59.7 Å². The van der Waals surface area contributed by atoms with Crippen LogP contribution in [-0.4, -0.2) is 14.5 Å². The molecule has 4 heteroatoms. The monoisotopic (exact) mass is 403 g/mol. The average Bonchev–Trinajstić information content (AvgIpc) is 3.28. The fourth-order valence-electron chi connectivity index (χ4n) is 4.12. The van der Waals surface area contributed by atoms with Crippen LogP contribution in [0.25, 0.3) is 22.1 Å².